The van der Waals surface area contributed by atoms with Crippen LogP contribution in [0.25, 0.3) is 0 Å². The van der Waals surface area contributed by atoms with Crippen LogP contribution in [-0.4, -0.2) is 59.4 Å². The van der Waals surface area contributed by atoms with Gasteiger partial charge in [-0.25, -0.2) is 0 Å². The number of carbonyl (C=O) groups excluding carboxylic acids is 2. The summed E-state index contributed by atoms with van der Waals surface area (Å²) in [5.41, 5.74) is 1.16. The Morgan fingerprint density at radius 3 is 1.48 bits per heavy atom. The molecule has 0 aliphatic carbocycles. The number of aldehydes is 2. The van der Waals surface area contributed by atoms with Gasteiger partial charge in [0.25, 0.3) is 0 Å². The molecule has 31 heavy (non-hydrogen) atoms. The van der Waals surface area contributed by atoms with Crippen LogP contribution in [0, 0.1) is 0 Å². The van der Waals surface area contributed by atoms with Crippen molar-refractivity contribution >= 4 is 27.8 Å². The highest BCUT2D eigenvalue weighted by Crippen LogP contribution is 2.51. The van der Waals surface area contributed by atoms with Crippen molar-refractivity contribution in [1.82, 2.24) is 0 Å². The summed E-state index contributed by atoms with van der Waals surface area (Å²) >= 11 is 0. The number of rotatable bonds is 7. The van der Waals surface area contributed by atoms with Gasteiger partial charge in [0, 0.05) is 11.6 Å². The van der Waals surface area contributed by atoms with Crippen LogP contribution in [0.4, 0.5) is 0 Å². The van der Waals surface area contributed by atoms with Crippen LogP contribution >= 0.6 is 15.2 Å². The van der Waals surface area contributed by atoms with E-state index in [4.69, 9.17) is 33.8 Å². The van der Waals surface area contributed by atoms with Crippen LogP contribution in [0.2, 0.25) is 0 Å². The Morgan fingerprint density at radius 2 is 1.19 bits per heavy atom. The van der Waals surface area contributed by atoms with E-state index < -0.39 is 21.1 Å². The van der Waals surface area contributed by atoms with Gasteiger partial charge >= 0.3 is 15.2 Å². The molecule has 11 nitrogen and oxygen atoms in total. The summed E-state index contributed by atoms with van der Waals surface area (Å²) in [4.78, 5) is 52.6. The average molecular weight is 478 g/mol. The molecule has 0 aliphatic rings. The molecular weight excluding hydrogens is 454 g/mol. The molecule has 0 aliphatic heterocycles. The van der Waals surface area contributed by atoms with Crippen molar-refractivity contribution in [3.05, 3.63) is 53.6 Å². The highest BCUT2D eigenvalue weighted by Gasteiger charge is 2.26. The van der Waals surface area contributed by atoms with E-state index in [1.54, 1.807) is 24.3 Å². The van der Waals surface area contributed by atoms with Gasteiger partial charge in [-0.2, -0.15) is 0 Å². The zero-order chi connectivity index (χ0) is 24.1. The zero-order valence-corrected chi connectivity index (χ0v) is 18.7. The predicted molar refractivity (Wildman–Crippen MR) is 112 cm³/mol. The van der Waals surface area contributed by atoms with Gasteiger partial charge in [-0.15, -0.1) is 0 Å². The fourth-order valence-electron chi connectivity index (χ4n) is 1.92. The number of hydrogen-bond donors (Lipinski definition) is 4. The molecule has 0 radical (unpaired) electrons. The summed E-state index contributed by atoms with van der Waals surface area (Å²) in [6, 6.07) is 12.3. The molecule has 2 aromatic rings. The molecule has 0 unspecified atom stereocenters. The molecule has 0 amide bonds. The maximum absolute atomic E-state index is 10.7. The highest BCUT2D eigenvalue weighted by atomic mass is 31.2. The lowest BCUT2D eigenvalue weighted by Crippen LogP contribution is -1.96. The van der Waals surface area contributed by atoms with Crippen molar-refractivity contribution in [3.8, 4) is 17.2 Å². The van der Waals surface area contributed by atoms with E-state index >= 15 is 0 Å². The van der Waals surface area contributed by atoms with Gasteiger partial charge in [0.1, 0.15) is 12.0 Å². The number of ether oxygens (including phenoxy) is 3. The summed E-state index contributed by atoms with van der Waals surface area (Å²) in [6.07, 6.45) is 1.54. The van der Waals surface area contributed by atoms with Gasteiger partial charge in [0.05, 0.1) is 26.9 Å². The van der Waals surface area contributed by atoms with Gasteiger partial charge < -0.3 is 33.8 Å². The maximum Gasteiger partial charge on any atom is 0.337 e. The predicted octanol–water partition coefficient (Wildman–Crippen LogP) is 2.32. The molecule has 2 rings (SSSR count). The van der Waals surface area contributed by atoms with Crippen LogP contribution in [0.5, 0.6) is 17.2 Å². The van der Waals surface area contributed by atoms with E-state index in [9.17, 15) is 18.7 Å². The Bertz CT molecular complexity index is 900. The molecule has 0 spiro atoms. The van der Waals surface area contributed by atoms with E-state index in [1.807, 2.05) is 18.2 Å². The van der Waals surface area contributed by atoms with Crippen molar-refractivity contribution < 1.29 is 52.5 Å². The Kier molecular flexibility index (Phi) is 12.6. The Labute approximate surface area is 178 Å². The quantitative estimate of drug-likeness (QED) is 0.339. The molecule has 0 atom stereocenters. The second kappa shape index (κ2) is 13.7. The monoisotopic (exact) mass is 478 g/mol. The fraction of sp³-hybridized carbons (Fsp3) is 0.222. The van der Waals surface area contributed by atoms with Gasteiger partial charge in [-0.05, 0) is 6.07 Å². The number of carbonyl (C=O) groups is 2. The third kappa shape index (κ3) is 12.7. The fourth-order valence-corrected chi connectivity index (χ4v) is 3.84. The Balaban J connectivity index is 0.000000460. The molecule has 172 valence electrons. The molecule has 2 aromatic carbocycles. The molecule has 0 heterocycles. The molecule has 0 aromatic heterocycles. The van der Waals surface area contributed by atoms with E-state index in [2.05, 4.69) is 0 Å². The second-order valence-corrected chi connectivity index (χ2v) is 9.36. The first kappa shape index (κ1) is 28.5. The first-order valence-electron chi connectivity index (χ1n) is 8.25. The summed E-state index contributed by atoms with van der Waals surface area (Å²) in [5, 5.41) is 0. The molecule has 0 bridgehead atoms. The summed E-state index contributed by atoms with van der Waals surface area (Å²) in [6.45, 7) is 0. The normalized spacial score (nSPS) is 10.4. The molecular formula is C18H24O11P2. The molecule has 0 saturated heterocycles. The summed E-state index contributed by atoms with van der Waals surface area (Å²) < 4.78 is 34.8. The summed E-state index contributed by atoms with van der Waals surface area (Å²) in [7, 11) is -4.57. The smallest absolute Gasteiger partial charge is 0.337 e. The number of benzene rings is 2. The first-order chi connectivity index (χ1) is 14.4. The zero-order valence-electron chi connectivity index (χ0n) is 16.9. The van der Waals surface area contributed by atoms with Crippen molar-refractivity contribution in [1.29, 1.82) is 0 Å². The lowest BCUT2D eigenvalue weighted by Gasteiger charge is -2.10. The van der Waals surface area contributed by atoms with E-state index in [1.165, 1.54) is 21.3 Å². The largest absolute Gasteiger partial charge is 0.496 e. The first-order valence-corrected chi connectivity index (χ1v) is 11.8. The van der Waals surface area contributed by atoms with Crippen LogP contribution in [0.1, 0.15) is 20.7 Å². The maximum atomic E-state index is 10.7. The Morgan fingerprint density at radius 1 is 0.742 bits per heavy atom. The SMILES string of the molecule is COc1cc(OC)c(OC)cc1C=O.O=Cc1ccccc1.O=P(O)(O)CP(=O)(O)O. The standard InChI is InChI=1S/C10H12O4.C7H6O.CH6O6P2/c1-12-8-5-10(14-3)9(13-2)4-7(8)6-11;8-6-7-4-2-1-3-5-7;2-8(3,4)1-9(5,6)7/h4-6H,1-3H3;1-6H;1H2,(H2,2,3,4)(H2,5,6,7). The van der Waals surface area contributed by atoms with Gasteiger partial charge in [0.15, 0.2) is 23.7 Å². The number of hydrogen-bond acceptors (Lipinski definition) is 7. The van der Waals surface area contributed by atoms with Gasteiger partial charge in [-0.3, -0.25) is 18.7 Å². The minimum absolute atomic E-state index is 0.435. The highest BCUT2D eigenvalue weighted by molar-refractivity contribution is 7.69. The molecule has 0 fully saturated rings. The molecule has 4 N–H and O–H groups in total. The van der Waals surface area contributed by atoms with E-state index in [0.29, 0.717) is 29.1 Å². The number of methoxy groups -OCH3 is 3. The third-order valence-corrected chi connectivity index (χ3v) is 6.11. The summed E-state index contributed by atoms with van der Waals surface area (Å²) in [5.74, 6) is 0.142. The van der Waals surface area contributed by atoms with E-state index in [0.717, 1.165) is 11.8 Å². The third-order valence-electron chi connectivity index (χ3n) is 3.17. The molecule has 0 saturated carbocycles. The minimum Gasteiger partial charge on any atom is -0.496 e. The molecule has 13 heteroatoms. The van der Waals surface area contributed by atoms with Crippen LogP contribution < -0.4 is 14.2 Å². The van der Waals surface area contributed by atoms with Crippen molar-refractivity contribution in [2.75, 3.05) is 27.2 Å². The van der Waals surface area contributed by atoms with Crippen molar-refractivity contribution in [2.24, 2.45) is 0 Å². The van der Waals surface area contributed by atoms with Crippen molar-refractivity contribution in [3.63, 3.8) is 0 Å². The average Bonchev–Trinajstić information content (AvgIpc) is 2.71. The lowest BCUT2D eigenvalue weighted by molar-refractivity contribution is 0.111. The van der Waals surface area contributed by atoms with E-state index in [-0.39, 0.29) is 0 Å². The van der Waals surface area contributed by atoms with Crippen LogP contribution in [0.3, 0.4) is 0 Å². The van der Waals surface area contributed by atoms with Crippen LogP contribution in [-0.2, 0) is 9.13 Å². The van der Waals surface area contributed by atoms with Gasteiger partial charge in [-0.1, -0.05) is 30.3 Å². The minimum atomic E-state index is -4.55. The lowest BCUT2D eigenvalue weighted by atomic mass is 10.2. The topological polar surface area (TPSA) is 177 Å². The van der Waals surface area contributed by atoms with Gasteiger partial charge in [0.2, 0.25) is 0 Å². The Hall–Kier alpha value is -2.52. The second-order valence-electron chi connectivity index (χ2n) is 5.57. The van der Waals surface area contributed by atoms with Crippen LogP contribution in [0.15, 0.2) is 42.5 Å². The van der Waals surface area contributed by atoms with Crippen molar-refractivity contribution in [2.45, 2.75) is 0 Å².